The van der Waals surface area contributed by atoms with E-state index in [0.29, 0.717) is 11.3 Å². The number of anilines is 1. The van der Waals surface area contributed by atoms with Crippen LogP contribution in [0.2, 0.25) is 0 Å². The van der Waals surface area contributed by atoms with Crippen molar-refractivity contribution in [2.45, 2.75) is 25.1 Å². The zero-order valence-corrected chi connectivity index (χ0v) is 12.6. The summed E-state index contributed by atoms with van der Waals surface area (Å²) in [5.41, 5.74) is 5.27. The van der Waals surface area contributed by atoms with Crippen molar-refractivity contribution >= 4 is 27.5 Å². The number of carbonyl (C=O) groups is 2. The van der Waals surface area contributed by atoms with Crippen molar-refractivity contribution in [1.82, 2.24) is 9.62 Å². The Labute approximate surface area is 123 Å². The topological polar surface area (TPSA) is 110 Å². The molecule has 0 aliphatic carbocycles. The SMILES string of the molecule is CC1(C)C(=O)NC(=O)CN1S(=O)(=O)Cc1cccc(N)c1. The fourth-order valence-electron chi connectivity index (χ4n) is 2.18. The van der Waals surface area contributed by atoms with Crippen molar-refractivity contribution in [2.75, 3.05) is 12.3 Å². The average Bonchev–Trinajstić information content (AvgIpc) is 2.33. The summed E-state index contributed by atoms with van der Waals surface area (Å²) in [5.74, 6) is -1.58. The first-order chi connectivity index (χ1) is 9.63. The number of carbonyl (C=O) groups excluding carboxylic acids is 2. The van der Waals surface area contributed by atoms with E-state index in [0.717, 1.165) is 4.31 Å². The first-order valence-corrected chi connectivity index (χ1v) is 7.93. The van der Waals surface area contributed by atoms with Crippen molar-refractivity contribution in [3.8, 4) is 0 Å². The van der Waals surface area contributed by atoms with Gasteiger partial charge in [0.25, 0.3) is 0 Å². The largest absolute Gasteiger partial charge is 0.399 e. The van der Waals surface area contributed by atoms with Crippen LogP contribution < -0.4 is 11.1 Å². The highest BCUT2D eigenvalue weighted by molar-refractivity contribution is 7.88. The van der Waals surface area contributed by atoms with E-state index in [-0.39, 0.29) is 12.3 Å². The fraction of sp³-hybridized carbons (Fsp3) is 0.385. The molecule has 1 fully saturated rings. The summed E-state index contributed by atoms with van der Waals surface area (Å²) in [7, 11) is -3.83. The molecular formula is C13H17N3O4S. The van der Waals surface area contributed by atoms with Gasteiger partial charge in [-0.1, -0.05) is 12.1 Å². The van der Waals surface area contributed by atoms with Crippen molar-refractivity contribution in [3.63, 3.8) is 0 Å². The molecule has 3 N–H and O–H groups in total. The Morgan fingerprint density at radius 1 is 1.33 bits per heavy atom. The summed E-state index contributed by atoms with van der Waals surface area (Å²) >= 11 is 0. The van der Waals surface area contributed by atoms with Gasteiger partial charge in [-0.2, -0.15) is 4.31 Å². The molecule has 1 saturated heterocycles. The number of nitrogens with zero attached hydrogens (tertiary/aromatic N) is 1. The molecule has 2 amide bonds. The molecule has 0 saturated carbocycles. The highest BCUT2D eigenvalue weighted by Gasteiger charge is 2.46. The van der Waals surface area contributed by atoms with Crippen LogP contribution >= 0.6 is 0 Å². The third-order valence-electron chi connectivity index (χ3n) is 3.36. The van der Waals surface area contributed by atoms with Crippen LogP contribution in [-0.4, -0.2) is 36.6 Å². The minimum absolute atomic E-state index is 0.317. The van der Waals surface area contributed by atoms with Crippen molar-refractivity contribution in [2.24, 2.45) is 0 Å². The molecule has 8 heteroatoms. The van der Waals surface area contributed by atoms with Gasteiger partial charge in [0.15, 0.2) is 0 Å². The second kappa shape index (κ2) is 5.12. The van der Waals surface area contributed by atoms with E-state index in [4.69, 9.17) is 5.73 Å². The Bertz CT molecular complexity index is 697. The average molecular weight is 311 g/mol. The lowest BCUT2D eigenvalue weighted by atomic mass is 10.0. The van der Waals surface area contributed by atoms with Gasteiger partial charge in [0.1, 0.15) is 5.54 Å². The quantitative estimate of drug-likeness (QED) is 0.595. The van der Waals surface area contributed by atoms with Crippen LogP contribution in [-0.2, 0) is 25.4 Å². The van der Waals surface area contributed by atoms with E-state index in [1.807, 2.05) is 0 Å². The number of sulfonamides is 1. The van der Waals surface area contributed by atoms with Crippen LogP contribution in [0.15, 0.2) is 24.3 Å². The lowest BCUT2D eigenvalue weighted by molar-refractivity contribution is -0.141. The molecule has 7 nitrogen and oxygen atoms in total. The number of nitrogens with one attached hydrogen (secondary N) is 1. The fourth-order valence-corrected chi connectivity index (χ4v) is 4.03. The third kappa shape index (κ3) is 3.06. The van der Waals surface area contributed by atoms with Gasteiger partial charge in [0.05, 0.1) is 12.3 Å². The molecule has 114 valence electrons. The Balaban J connectivity index is 2.34. The summed E-state index contributed by atoms with van der Waals surface area (Å²) in [6, 6.07) is 6.49. The van der Waals surface area contributed by atoms with E-state index in [9.17, 15) is 18.0 Å². The maximum atomic E-state index is 12.5. The van der Waals surface area contributed by atoms with E-state index in [2.05, 4.69) is 5.32 Å². The molecule has 0 unspecified atom stereocenters. The lowest BCUT2D eigenvalue weighted by Crippen LogP contribution is -2.65. The minimum atomic E-state index is -3.83. The Morgan fingerprint density at radius 2 is 2.00 bits per heavy atom. The molecule has 0 bridgehead atoms. The maximum Gasteiger partial charge on any atom is 0.247 e. The smallest absolute Gasteiger partial charge is 0.247 e. The molecule has 0 radical (unpaired) electrons. The first kappa shape index (κ1) is 15.5. The van der Waals surface area contributed by atoms with Gasteiger partial charge in [-0.25, -0.2) is 8.42 Å². The number of hydrogen-bond acceptors (Lipinski definition) is 5. The molecule has 0 atom stereocenters. The third-order valence-corrected chi connectivity index (χ3v) is 5.31. The summed E-state index contributed by atoms with van der Waals surface area (Å²) < 4.78 is 26.0. The van der Waals surface area contributed by atoms with Gasteiger partial charge in [0, 0.05) is 5.69 Å². The second-order valence-corrected chi connectivity index (χ2v) is 7.34. The predicted molar refractivity (Wildman–Crippen MR) is 77.4 cm³/mol. The summed E-state index contributed by atoms with van der Waals surface area (Å²) in [4.78, 5) is 23.3. The van der Waals surface area contributed by atoms with Crippen molar-refractivity contribution in [1.29, 1.82) is 0 Å². The number of piperazine rings is 1. The number of imide groups is 1. The number of nitrogen functional groups attached to an aromatic ring is 1. The molecule has 1 heterocycles. The monoisotopic (exact) mass is 311 g/mol. The lowest BCUT2D eigenvalue weighted by Gasteiger charge is -2.38. The highest BCUT2D eigenvalue weighted by Crippen LogP contribution is 2.24. The van der Waals surface area contributed by atoms with E-state index in [1.165, 1.54) is 13.8 Å². The molecular weight excluding hydrogens is 294 g/mol. The minimum Gasteiger partial charge on any atom is -0.399 e. The number of hydrogen-bond donors (Lipinski definition) is 2. The van der Waals surface area contributed by atoms with Crippen LogP contribution in [0.3, 0.4) is 0 Å². The van der Waals surface area contributed by atoms with E-state index < -0.39 is 27.4 Å². The summed E-state index contributed by atoms with van der Waals surface area (Å²) in [6.07, 6.45) is 0. The zero-order chi connectivity index (χ0) is 15.8. The Morgan fingerprint density at radius 3 is 2.62 bits per heavy atom. The van der Waals surface area contributed by atoms with Gasteiger partial charge in [-0.05, 0) is 31.5 Å². The van der Waals surface area contributed by atoms with Gasteiger partial charge in [-0.15, -0.1) is 0 Å². The van der Waals surface area contributed by atoms with Crippen molar-refractivity contribution in [3.05, 3.63) is 29.8 Å². The van der Waals surface area contributed by atoms with E-state index in [1.54, 1.807) is 24.3 Å². The van der Waals surface area contributed by atoms with Crippen molar-refractivity contribution < 1.29 is 18.0 Å². The summed E-state index contributed by atoms with van der Waals surface area (Å²) in [6.45, 7) is 2.56. The van der Waals surface area contributed by atoms with Crippen LogP contribution in [0.5, 0.6) is 0 Å². The van der Waals surface area contributed by atoms with Crippen LogP contribution in [0.1, 0.15) is 19.4 Å². The molecule has 1 aromatic rings. The Kier molecular flexibility index (Phi) is 3.77. The highest BCUT2D eigenvalue weighted by atomic mass is 32.2. The van der Waals surface area contributed by atoms with Crippen LogP contribution in [0.25, 0.3) is 0 Å². The molecule has 21 heavy (non-hydrogen) atoms. The number of nitrogens with two attached hydrogens (primary N) is 1. The van der Waals surface area contributed by atoms with Gasteiger partial charge in [0.2, 0.25) is 21.8 Å². The summed E-state index contributed by atoms with van der Waals surface area (Å²) in [5, 5.41) is 2.14. The van der Waals surface area contributed by atoms with E-state index >= 15 is 0 Å². The number of benzene rings is 1. The Hall–Kier alpha value is -1.93. The molecule has 1 aliphatic heterocycles. The molecule has 1 aliphatic rings. The maximum absolute atomic E-state index is 12.5. The molecule has 2 rings (SSSR count). The number of amides is 2. The standard InChI is InChI=1S/C13H17N3O4S/c1-13(2)12(18)15-11(17)7-16(13)21(19,20)8-9-4-3-5-10(14)6-9/h3-6H,7-8,14H2,1-2H3,(H,15,17,18). The van der Waals surface area contributed by atoms with Crippen LogP contribution in [0, 0.1) is 0 Å². The van der Waals surface area contributed by atoms with Gasteiger partial charge >= 0.3 is 0 Å². The molecule has 0 spiro atoms. The number of rotatable bonds is 3. The predicted octanol–water partition coefficient (Wildman–Crippen LogP) is -0.164. The van der Waals surface area contributed by atoms with Crippen LogP contribution in [0.4, 0.5) is 5.69 Å². The first-order valence-electron chi connectivity index (χ1n) is 6.32. The normalized spacial score (nSPS) is 19.3. The van der Waals surface area contributed by atoms with Gasteiger partial charge in [-0.3, -0.25) is 14.9 Å². The van der Waals surface area contributed by atoms with Gasteiger partial charge < -0.3 is 5.73 Å². The molecule has 1 aromatic carbocycles. The zero-order valence-electron chi connectivity index (χ0n) is 11.8. The second-order valence-electron chi connectivity index (χ2n) is 5.44. The molecule has 0 aromatic heterocycles.